The number of aromatic hydroxyl groups is 1. The number of alkyl halides is 7. The molecule has 2 amide bonds. The lowest BCUT2D eigenvalue weighted by Gasteiger charge is -2.23. The Labute approximate surface area is 513 Å². The number of hydrazone groups is 2. The average molecular weight is 1360 g/mol. The van der Waals surface area contributed by atoms with Crippen LogP contribution in [0.1, 0.15) is 24.0 Å². The highest BCUT2D eigenvalue weighted by Crippen LogP contribution is 2.43. The van der Waals surface area contributed by atoms with Gasteiger partial charge in [0.05, 0.1) is 70.9 Å². The molecule has 0 fully saturated rings. The molecule has 0 unspecified atom stereocenters. The number of sulfonamides is 2. The molecule has 36 heteroatoms. The van der Waals surface area contributed by atoms with Gasteiger partial charge in [-0.3, -0.25) is 24.0 Å². The second-order valence-corrected chi connectivity index (χ2v) is 22.9. The maximum atomic E-state index is 14.0. The van der Waals surface area contributed by atoms with Gasteiger partial charge < -0.3 is 28.8 Å². The molecule has 0 bridgehead atoms. The Bertz CT molecular complexity index is 3910. The van der Waals surface area contributed by atoms with Crippen LogP contribution in [0.15, 0.2) is 117 Å². The van der Waals surface area contributed by atoms with E-state index in [1.807, 2.05) is 4.72 Å². The molecule has 468 valence electrons. The second-order valence-electron chi connectivity index (χ2n) is 17.4. The minimum atomic E-state index is -4.64. The first-order valence-corrected chi connectivity index (χ1v) is 28.5. The Balaban J connectivity index is 0.000000278. The SMILES string of the molecule is CNS(=O)(=O)c1cc(Oc2c(Cl)cc(N3N=C(C(F)F)C(=O)CC3=O)cc2Cl)ncc1O.COc1ccc(COc2cnc(Oc3c(Cl)cc(N4N=C(C(F)F)C(=O)CC4=O)cc3Cl)cc2S(=O)(=O)N(C)Cc2ccc(OC)cc2)cc1.O=CC(F)(F)F. The molecule has 4 aromatic carbocycles. The van der Waals surface area contributed by atoms with Crippen molar-refractivity contribution in [3.8, 4) is 46.3 Å². The van der Waals surface area contributed by atoms with Crippen molar-refractivity contribution in [1.29, 1.82) is 0 Å². The van der Waals surface area contributed by atoms with Gasteiger partial charge in [0.1, 0.15) is 27.9 Å². The summed E-state index contributed by atoms with van der Waals surface area (Å²) in [4.78, 5) is 63.8. The zero-order valence-corrected chi connectivity index (χ0v) is 49.7. The van der Waals surface area contributed by atoms with Gasteiger partial charge in [0, 0.05) is 25.7 Å². The first-order valence-electron chi connectivity index (χ1n) is 24.1. The van der Waals surface area contributed by atoms with Crippen LogP contribution in [-0.2, 0) is 57.2 Å². The van der Waals surface area contributed by atoms with Crippen LogP contribution in [0.5, 0.6) is 46.3 Å². The van der Waals surface area contributed by atoms with Gasteiger partial charge in [0.25, 0.3) is 24.7 Å². The van der Waals surface area contributed by atoms with E-state index in [0.717, 1.165) is 59.5 Å². The number of carbonyl (C=O) groups excluding carboxylic acids is 5. The number of pyridine rings is 2. The molecule has 0 spiro atoms. The van der Waals surface area contributed by atoms with E-state index in [0.29, 0.717) is 27.1 Å². The fraction of sp³-hybridized carbons (Fsp3) is 0.212. The summed E-state index contributed by atoms with van der Waals surface area (Å²) in [5, 5.41) is 17.0. The zero-order valence-electron chi connectivity index (χ0n) is 45.1. The highest BCUT2D eigenvalue weighted by Gasteiger charge is 2.36. The predicted octanol–water partition coefficient (Wildman–Crippen LogP) is 9.99. The number of aromatic nitrogens is 2. The number of hydrogen-bond donors (Lipinski definition) is 2. The lowest BCUT2D eigenvalue weighted by atomic mass is 10.1. The van der Waals surface area contributed by atoms with E-state index >= 15 is 0 Å². The average Bonchev–Trinajstić information content (AvgIpc) is 1.02. The monoisotopic (exact) mass is 1350 g/mol. The molecule has 23 nitrogen and oxygen atoms in total. The number of benzene rings is 4. The third-order valence-corrected chi connectivity index (χ3v) is 15.9. The van der Waals surface area contributed by atoms with Crippen LogP contribution in [0, 0.1) is 0 Å². The maximum Gasteiger partial charge on any atom is 0.446 e. The Hall–Kier alpha value is -8.24. The molecule has 0 radical (unpaired) electrons. The van der Waals surface area contributed by atoms with Gasteiger partial charge in [-0.1, -0.05) is 70.7 Å². The summed E-state index contributed by atoms with van der Waals surface area (Å²) in [7, 11) is -2.70. The number of amides is 2. The van der Waals surface area contributed by atoms with Crippen LogP contribution in [0.4, 0.5) is 42.1 Å². The molecule has 0 aliphatic carbocycles. The first kappa shape index (κ1) is 68.9. The highest BCUT2D eigenvalue weighted by atomic mass is 35.5. The normalized spacial score (nSPS) is 13.8. The summed E-state index contributed by atoms with van der Waals surface area (Å²) in [6.07, 6.45) is -11.7. The van der Waals surface area contributed by atoms with Crippen LogP contribution in [0.25, 0.3) is 0 Å². The molecule has 2 aromatic heterocycles. The number of nitrogens with zero attached hydrogens (tertiary/aromatic N) is 7. The van der Waals surface area contributed by atoms with Gasteiger partial charge >= 0.3 is 6.18 Å². The number of carbonyl (C=O) groups is 5. The second kappa shape index (κ2) is 29.2. The van der Waals surface area contributed by atoms with Crippen LogP contribution in [0.2, 0.25) is 20.1 Å². The molecule has 2 aliphatic heterocycles. The van der Waals surface area contributed by atoms with Crippen molar-refractivity contribution in [3.63, 3.8) is 0 Å². The van der Waals surface area contributed by atoms with Crippen LogP contribution >= 0.6 is 46.4 Å². The maximum absolute atomic E-state index is 14.0. The third kappa shape index (κ3) is 17.3. The van der Waals surface area contributed by atoms with Crippen molar-refractivity contribution in [3.05, 3.63) is 129 Å². The van der Waals surface area contributed by atoms with Gasteiger partial charge in [0.15, 0.2) is 46.0 Å². The van der Waals surface area contributed by atoms with Gasteiger partial charge in [-0.15, -0.1) is 0 Å². The lowest BCUT2D eigenvalue weighted by molar-refractivity contribution is -0.156. The van der Waals surface area contributed by atoms with Crippen molar-refractivity contribution in [2.75, 3.05) is 38.3 Å². The summed E-state index contributed by atoms with van der Waals surface area (Å²) >= 11 is 25.2. The Morgan fingerprint density at radius 3 is 1.45 bits per heavy atom. The molecule has 4 heterocycles. The summed E-state index contributed by atoms with van der Waals surface area (Å²) in [5.74, 6) is -4.34. The minimum Gasteiger partial charge on any atom is -0.505 e. The van der Waals surface area contributed by atoms with Crippen LogP contribution in [-0.4, -0.2) is 125 Å². The number of hydrogen-bond acceptors (Lipinski definition) is 19. The summed E-state index contributed by atoms with van der Waals surface area (Å²) < 4.78 is 167. The molecular weight excluding hydrogens is 1320 g/mol. The predicted molar refractivity (Wildman–Crippen MR) is 302 cm³/mol. The van der Waals surface area contributed by atoms with E-state index in [1.54, 1.807) is 48.5 Å². The Kier molecular flexibility index (Phi) is 22.8. The van der Waals surface area contributed by atoms with E-state index in [2.05, 4.69) is 20.2 Å². The number of anilines is 2. The summed E-state index contributed by atoms with van der Waals surface area (Å²) in [6, 6.07) is 20.5. The Morgan fingerprint density at radius 2 is 1.07 bits per heavy atom. The quantitative estimate of drug-likeness (QED) is 0.0433. The van der Waals surface area contributed by atoms with E-state index in [-0.39, 0.29) is 78.5 Å². The topological polar surface area (TPSA) is 292 Å². The number of ether oxygens (including phenoxy) is 5. The van der Waals surface area contributed by atoms with E-state index in [1.165, 1.54) is 27.5 Å². The van der Waals surface area contributed by atoms with Gasteiger partial charge in [-0.2, -0.15) is 37.7 Å². The molecular formula is C52H41Cl4F7N8O15S2. The fourth-order valence-electron chi connectivity index (χ4n) is 7.21. The van der Waals surface area contributed by atoms with Gasteiger partial charge in [0.2, 0.25) is 38.1 Å². The number of Topliss-reactive ketones (excluding diaryl/α,β-unsaturated/α-hetero) is 2. The number of methoxy groups -OCH3 is 2. The number of aldehydes is 1. The van der Waals surface area contributed by atoms with E-state index in [9.17, 15) is 71.9 Å². The third-order valence-electron chi connectivity index (χ3n) is 11.5. The minimum absolute atomic E-state index is 0.00154. The molecule has 0 saturated carbocycles. The van der Waals surface area contributed by atoms with Crippen molar-refractivity contribution in [2.24, 2.45) is 10.2 Å². The van der Waals surface area contributed by atoms with Crippen LogP contribution in [0.3, 0.4) is 0 Å². The van der Waals surface area contributed by atoms with Gasteiger partial charge in [-0.05, 0) is 66.7 Å². The highest BCUT2D eigenvalue weighted by molar-refractivity contribution is 7.89. The van der Waals surface area contributed by atoms with Crippen molar-refractivity contribution in [1.82, 2.24) is 19.0 Å². The molecule has 6 aromatic rings. The van der Waals surface area contributed by atoms with Crippen LogP contribution < -0.4 is 38.4 Å². The molecule has 0 atom stereocenters. The number of halogens is 11. The number of ketones is 2. The molecule has 88 heavy (non-hydrogen) atoms. The zero-order chi connectivity index (χ0) is 65.2. The van der Waals surface area contributed by atoms with E-state index < -0.39 is 104 Å². The number of rotatable bonds is 19. The fourth-order valence-corrected chi connectivity index (χ4v) is 10.4. The largest absolute Gasteiger partial charge is 0.505 e. The molecule has 2 N–H and O–H groups in total. The van der Waals surface area contributed by atoms with E-state index in [4.69, 9.17) is 74.9 Å². The molecule has 2 aliphatic rings. The summed E-state index contributed by atoms with van der Waals surface area (Å²) in [6.45, 7) is -0.00919. The van der Waals surface area contributed by atoms with Crippen molar-refractivity contribution in [2.45, 2.75) is 54.8 Å². The van der Waals surface area contributed by atoms with Crippen molar-refractivity contribution < 1.29 is 100 Å². The molecule has 8 rings (SSSR count). The van der Waals surface area contributed by atoms with Gasteiger partial charge in [-0.25, -0.2) is 49.1 Å². The Morgan fingerprint density at radius 1 is 0.670 bits per heavy atom. The number of nitrogens with one attached hydrogen (secondary N) is 1. The summed E-state index contributed by atoms with van der Waals surface area (Å²) in [5.41, 5.74) is -0.975. The van der Waals surface area contributed by atoms with Crippen molar-refractivity contribution >= 4 is 119 Å². The lowest BCUT2D eigenvalue weighted by Crippen LogP contribution is -2.39. The smallest absolute Gasteiger partial charge is 0.446 e. The standard InChI is InChI=1S/C33H28Cl2F2N4O8S.C17H12Cl2F2N4O6S.C2HF3O/c1-40(17-19-4-8-22(46-2)9-5-19)50(44,45)28-15-29(38-16-27(28)48-18-20-6-10-23(47-3)11-7-20)49-32-24(34)12-21(13-25(32)35)41-30(43)14-26(42)31(39-41)33(36)37;1-22-32(29,30)12-5-13(23-6-11(12)27)31-16-8(18)2-7(3-9(16)19)25-14(28)4-10(26)15(24-25)17(20)21;3-2(4,5)1-6/h4-13,15-16,33H,14,17-18H2,1-3H3;2-3,5-6,17,22,27H,4H2,1H3;1H. The molecule has 0 saturated heterocycles. The first-order chi connectivity index (χ1) is 41.3.